The number of ether oxygens (including phenoxy) is 1. The summed E-state index contributed by atoms with van der Waals surface area (Å²) in [7, 11) is 0. The molecule has 1 heterocycles. The summed E-state index contributed by atoms with van der Waals surface area (Å²) in [6.45, 7) is 4.35. The van der Waals surface area contributed by atoms with Crippen LogP contribution in [0.2, 0.25) is 0 Å². The quantitative estimate of drug-likeness (QED) is 0.741. The van der Waals surface area contributed by atoms with Gasteiger partial charge in [0.2, 0.25) is 0 Å². The van der Waals surface area contributed by atoms with E-state index < -0.39 is 0 Å². The maximum atomic E-state index is 13.1. The molecule has 16 heavy (non-hydrogen) atoms. The minimum absolute atomic E-state index is 0.236. The number of benzene rings is 1. The van der Waals surface area contributed by atoms with Crippen molar-refractivity contribution in [2.24, 2.45) is 0 Å². The van der Waals surface area contributed by atoms with Gasteiger partial charge in [-0.15, -0.1) is 11.6 Å². The van der Waals surface area contributed by atoms with Gasteiger partial charge in [-0.1, -0.05) is 0 Å². The Labute approximate surface area is 100.0 Å². The summed E-state index contributed by atoms with van der Waals surface area (Å²) in [4.78, 5) is 2.22. The van der Waals surface area contributed by atoms with E-state index >= 15 is 0 Å². The van der Waals surface area contributed by atoms with Gasteiger partial charge in [-0.3, -0.25) is 0 Å². The Morgan fingerprint density at radius 2 is 2.38 bits per heavy atom. The number of rotatable bonds is 2. The average Bonchev–Trinajstić information content (AvgIpc) is 2.30. The number of hydrogen-bond acceptors (Lipinski definition) is 2. The highest BCUT2D eigenvalue weighted by Gasteiger charge is 2.21. The maximum absolute atomic E-state index is 13.1. The predicted octanol–water partition coefficient (Wildman–Crippen LogP) is 2.79. The van der Waals surface area contributed by atoms with Gasteiger partial charge in [-0.2, -0.15) is 0 Å². The molecule has 0 aliphatic carbocycles. The van der Waals surface area contributed by atoms with Gasteiger partial charge in [0.05, 0.1) is 13.2 Å². The molecular weight excluding hydrogens is 229 g/mol. The van der Waals surface area contributed by atoms with E-state index in [-0.39, 0.29) is 5.82 Å². The van der Waals surface area contributed by atoms with E-state index in [0.717, 1.165) is 17.8 Å². The molecule has 0 amide bonds. The Morgan fingerprint density at radius 1 is 1.56 bits per heavy atom. The molecule has 1 aliphatic heterocycles. The first-order chi connectivity index (χ1) is 7.72. The number of anilines is 1. The van der Waals surface area contributed by atoms with Crippen molar-refractivity contribution in [3.8, 4) is 0 Å². The highest BCUT2D eigenvalue weighted by atomic mass is 35.5. The first-order valence-corrected chi connectivity index (χ1v) is 5.94. The molecule has 1 unspecified atom stereocenters. The van der Waals surface area contributed by atoms with Crippen LogP contribution in [0.1, 0.15) is 12.5 Å². The smallest absolute Gasteiger partial charge is 0.123 e. The molecule has 0 radical (unpaired) electrons. The minimum atomic E-state index is -0.236. The van der Waals surface area contributed by atoms with Crippen LogP contribution < -0.4 is 4.90 Å². The molecule has 0 aromatic heterocycles. The lowest BCUT2D eigenvalue weighted by Crippen LogP contribution is -2.44. The van der Waals surface area contributed by atoms with E-state index in [1.54, 1.807) is 6.07 Å². The lowest BCUT2D eigenvalue weighted by Gasteiger charge is -2.36. The standard InChI is InChI=1S/C12H15ClFNO/c1-9-8-16-5-4-15(9)12-3-2-11(14)6-10(12)7-13/h2-3,6,9H,4-5,7-8H2,1H3. The fourth-order valence-corrected chi connectivity index (χ4v) is 2.24. The van der Waals surface area contributed by atoms with Crippen LogP contribution in [0.4, 0.5) is 10.1 Å². The van der Waals surface area contributed by atoms with Crippen molar-refractivity contribution >= 4 is 17.3 Å². The Kier molecular flexibility index (Phi) is 3.66. The Hall–Kier alpha value is -0.800. The number of morpholine rings is 1. The number of nitrogens with zero attached hydrogens (tertiary/aromatic N) is 1. The third-order valence-electron chi connectivity index (χ3n) is 2.86. The molecule has 4 heteroatoms. The topological polar surface area (TPSA) is 12.5 Å². The molecule has 0 N–H and O–H groups in total. The molecule has 1 fully saturated rings. The van der Waals surface area contributed by atoms with Gasteiger partial charge in [0, 0.05) is 24.2 Å². The predicted molar refractivity (Wildman–Crippen MR) is 63.6 cm³/mol. The molecule has 1 atom stereocenters. The first-order valence-electron chi connectivity index (χ1n) is 5.41. The highest BCUT2D eigenvalue weighted by Crippen LogP contribution is 2.26. The first kappa shape index (κ1) is 11.7. The van der Waals surface area contributed by atoms with Crippen LogP contribution >= 0.6 is 11.6 Å². The zero-order chi connectivity index (χ0) is 11.5. The molecule has 1 aliphatic rings. The lowest BCUT2D eigenvalue weighted by atomic mass is 10.1. The summed E-state index contributed by atoms with van der Waals surface area (Å²) in [5.74, 6) is 0.0947. The molecular formula is C12H15ClFNO. The van der Waals surface area contributed by atoms with Crippen molar-refractivity contribution in [2.45, 2.75) is 18.8 Å². The van der Waals surface area contributed by atoms with E-state index in [1.807, 2.05) is 0 Å². The van der Waals surface area contributed by atoms with E-state index in [9.17, 15) is 4.39 Å². The summed E-state index contributed by atoms with van der Waals surface area (Å²) in [5, 5.41) is 0. The van der Waals surface area contributed by atoms with Gasteiger partial charge in [-0.05, 0) is 30.7 Å². The van der Waals surface area contributed by atoms with Crippen LogP contribution in [0.15, 0.2) is 18.2 Å². The van der Waals surface area contributed by atoms with Crippen LogP contribution in [-0.4, -0.2) is 25.8 Å². The lowest BCUT2D eigenvalue weighted by molar-refractivity contribution is 0.0989. The monoisotopic (exact) mass is 243 g/mol. The van der Waals surface area contributed by atoms with E-state index in [2.05, 4.69) is 11.8 Å². The van der Waals surface area contributed by atoms with Crippen molar-refractivity contribution < 1.29 is 9.13 Å². The van der Waals surface area contributed by atoms with Gasteiger partial charge in [0.25, 0.3) is 0 Å². The molecule has 1 saturated heterocycles. The van der Waals surface area contributed by atoms with Crippen molar-refractivity contribution in [2.75, 3.05) is 24.7 Å². The summed E-state index contributed by atoms with van der Waals surface area (Å²) in [6.07, 6.45) is 0. The maximum Gasteiger partial charge on any atom is 0.123 e. The van der Waals surface area contributed by atoms with E-state index in [4.69, 9.17) is 16.3 Å². The zero-order valence-electron chi connectivity index (χ0n) is 9.25. The third-order valence-corrected chi connectivity index (χ3v) is 3.15. The number of hydrogen-bond donors (Lipinski definition) is 0. The second kappa shape index (κ2) is 5.02. The van der Waals surface area contributed by atoms with Crippen molar-refractivity contribution in [3.05, 3.63) is 29.6 Å². The van der Waals surface area contributed by atoms with Crippen LogP contribution in [-0.2, 0) is 10.6 Å². The summed E-state index contributed by atoms with van der Waals surface area (Å²) >= 11 is 5.85. The number of alkyl halides is 1. The Morgan fingerprint density at radius 3 is 3.06 bits per heavy atom. The van der Waals surface area contributed by atoms with E-state index in [1.165, 1.54) is 12.1 Å². The van der Waals surface area contributed by atoms with E-state index in [0.29, 0.717) is 25.1 Å². The Bertz CT molecular complexity index is 372. The molecule has 0 bridgehead atoms. The highest BCUT2D eigenvalue weighted by molar-refractivity contribution is 6.17. The van der Waals surface area contributed by atoms with Gasteiger partial charge < -0.3 is 9.64 Å². The summed E-state index contributed by atoms with van der Waals surface area (Å²) in [6, 6.07) is 5.09. The Balaban J connectivity index is 2.30. The molecule has 0 spiro atoms. The zero-order valence-corrected chi connectivity index (χ0v) is 10.0. The van der Waals surface area contributed by atoms with Crippen molar-refractivity contribution in [1.82, 2.24) is 0 Å². The fraction of sp³-hybridized carbons (Fsp3) is 0.500. The van der Waals surface area contributed by atoms with Crippen molar-refractivity contribution in [3.63, 3.8) is 0 Å². The van der Waals surface area contributed by atoms with Crippen LogP contribution in [0, 0.1) is 5.82 Å². The fourth-order valence-electron chi connectivity index (χ4n) is 2.03. The molecule has 1 aromatic carbocycles. The van der Waals surface area contributed by atoms with Crippen LogP contribution in [0.3, 0.4) is 0 Å². The van der Waals surface area contributed by atoms with Crippen LogP contribution in [0.25, 0.3) is 0 Å². The molecule has 1 aromatic rings. The normalized spacial score (nSPS) is 21.2. The largest absolute Gasteiger partial charge is 0.377 e. The average molecular weight is 244 g/mol. The van der Waals surface area contributed by atoms with Gasteiger partial charge in [-0.25, -0.2) is 4.39 Å². The second-order valence-electron chi connectivity index (χ2n) is 4.02. The minimum Gasteiger partial charge on any atom is -0.377 e. The third kappa shape index (κ3) is 2.30. The van der Waals surface area contributed by atoms with Gasteiger partial charge >= 0.3 is 0 Å². The van der Waals surface area contributed by atoms with Gasteiger partial charge in [0.15, 0.2) is 0 Å². The molecule has 0 saturated carbocycles. The second-order valence-corrected chi connectivity index (χ2v) is 4.29. The van der Waals surface area contributed by atoms with Gasteiger partial charge in [0.1, 0.15) is 5.82 Å². The SMILES string of the molecule is CC1COCCN1c1ccc(F)cc1CCl. The summed E-state index contributed by atoms with van der Waals surface area (Å²) < 4.78 is 18.5. The molecule has 2 rings (SSSR count). The molecule has 2 nitrogen and oxygen atoms in total. The molecule has 88 valence electrons. The van der Waals surface area contributed by atoms with Crippen LogP contribution in [0.5, 0.6) is 0 Å². The number of halogens is 2. The summed E-state index contributed by atoms with van der Waals surface area (Å²) in [5.41, 5.74) is 1.86. The van der Waals surface area contributed by atoms with Crippen molar-refractivity contribution in [1.29, 1.82) is 0 Å².